The molecule has 25 heavy (non-hydrogen) atoms. The zero-order valence-electron chi connectivity index (χ0n) is 15.1. The van der Waals surface area contributed by atoms with Gasteiger partial charge in [0.1, 0.15) is 0 Å². The molecule has 0 fully saturated rings. The average Bonchev–Trinajstić information content (AvgIpc) is 3.12. The fraction of sp³-hybridized carbons (Fsp3) is 0.400. The molecule has 0 saturated heterocycles. The molecule has 2 amide bonds. The summed E-state index contributed by atoms with van der Waals surface area (Å²) < 4.78 is 0. The second-order valence-electron chi connectivity index (χ2n) is 6.22. The molecule has 0 radical (unpaired) electrons. The Hall–Kier alpha value is -2.14. The van der Waals surface area contributed by atoms with Crippen molar-refractivity contribution in [1.29, 1.82) is 0 Å². The van der Waals surface area contributed by atoms with E-state index in [0.29, 0.717) is 13.1 Å². The predicted octanol–water partition coefficient (Wildman–Crippen LogP) is 3.92. The van der Waals surface area contributed by atoms with E-state index in [2.05, 4.69) is 0 Å². The number of rotatable bonds is 8. The number of amides is 2. The third-order valence-electron chi connectivity index (χ3n) is 4.33. The van der Waals surface area contributed by atoms with Crippen molar-refractivity contribution in [2.24, 2.45) is 0 Å². The van der Waals surface area contributed by atoms with Crippen LogP contribution in [0.15, 0.2) is 47.8 Å². The highest BCUT2D eigenvalue weighted by Crippen LogP contribution is 2.16. The summed E-state index contributed by atoms with van der Waals surface area (Å²) in [6.45, 7) is 6.78. The topological polar surface area (TPSA) is 40.6 Å². The van der Waals surface area contributed by atoms with Gasteiger partial charge in [-0.15, -0.1) is 11.3 Å². The van der Waals surface area contributed by atoms with Crippen molar-refractivity contribution in [3.05, 3.63) is 58.3 Å². The zero-order valence-corrected chi connectivity index (χ0v) is 16.0. The number of nitrogens with zero attached hydrogens (tertiary/aromatic N) is 2. The second kappa shape index (κ2) is 9.37. The molecular formula is C20H26N2O2S. The molecular weight excluding hydrogens is 332 g/mol. The highest BCUT2D eigenvalue weighted by Gasteiger charge is 2.23. The standard InChI is InChI=1S/C20H26N2O2S/c1-4-16(2)22(17(3)23)15-20(24)21(14-19-11-8-12-25-19)13-18-9-6-5-7-10-18/h5-12,16H,4,13-15H2,1-3H3. The highest BCUT2D eigenvalue weighted by atomic mass is 32.1. The number of hydrogen-bond acceptors (Lipinski definition) is 3. The first-order valence-corrected chi connectivity index (χ1v) is 9.50. The van der Waals surface area contributed by atoms with Gasteiger partial charge in [0.2, 0.25) is 11.8 Å². The molecule has 0 aliphatic carbocycles. The number of hydrogen-bond donors (Lipinski definition) is 0. The van der Waals surface area contributed by atoms with Crippen LogP contribution in [0.25, 0.3) is 0 Å². The van der Waals surface area contributed by atoms with Gasteiger partial charge in [-0.1, -0.05) is 43.3 Å². The van der Waals surface area contributed by atoms with E-state index in [4.69, 9.17) is 0 Å². The first kappa shape index (κ1) is 19.2. The van der Waals surface area contributed by atoms with Crippen LogP contribution in [0.1, 0.15) is 37.6 Å². The van der Waals surface area contributed by atoms with Gasteiger partial charge >= 0.3 is 0 Å². The molecule has 4 nitrogen and oxygen atoms in total. The maximum absolute atomic E-state index is 12.9. The van der Waals surface area contributed by atoms with Crippen LogP contribution in [0, 0.1) is 0 Å². The van der Waals surface area contributed by atoms with Crippen molar-refractivity contribution in [2.45, 2.75) is 46.3 Å². The van der Waals surface area contributed by atoms with E-state index in [-0.39, 0.29) is 24.4 Å². The van der Waals surface area contributed by atoms with E-state index in [1.54, 1.807) is 16.2 Å². The fourth-order valence-electron chi connectivity index (χ4n) is 2.67. The first-order valence-electron chi connectivity index (χ1n) is 8.62. The maximum atomic E-state index is 12.9. The number of carbonyl (C=O) groups excluding carboxylic acids is 2. The van der Waals surface area contributed by atoms with Crippen LogP contribution in [0.2, 0.25) is 0 Å². The summed E-state index contributed by atoms with van der Waals surface area (Å²) in [4.78, 5) is 29.5. The molecule has 0 aliphatic rings. The minimum atomic E-state index is -0.0570. The van der Waals surface area contributed by atoms with Crippen molar-refractivity contribution >= 4 is 23.2 Å². The Morgan fingerprint density at radius 1 is 1.08 bits per heavy atom. The van der Waals surface area contributed by atoms with Crippen LogP contribution in [0.3, 0.4) is 0 Å². The molecule has 0 N–H and O–H groups in total. The molecule has 1 unspecified atom stereocenters. The summed E-state index contributed by atoms with van der Waals surface area (Å²) >= 11 is 1.64. The van der Waals surface area contributed by atoms with Gasteiger partial charge in [0.25, 0.3) is 0 Å². The van der Waals surface area contributed by atoms with Gasteiger partial charge in [0.05, 0.1) is 13.1 Å². The van der Waals surface area contributed by atoms with Gasteiger partial charge in [-0.3, -0.25) is 9.59 Å². The lowest BCUT2D eigenvalue weighted by molar-refractivity contribution is -0.141. The molecule has 0 spiro atoms. The van der Waals surface area contributed by atoms with Crippen LogP contribution in [0.4, 0.5) is 0 Å². The molecule has 134 valence electrons. The molecule has 0 aliphatic heterocycles. The van der Waals surface area contributed by atoms with Crippen molar-refractivity contribution < 1.29 is 9.59 Å². The van der Waals surface area contributed by atoms with Gasteiger partial charge in [-0.05, 0) is 30.4 Å². The average molecular weight is 359 g/mol. The van der Waals surface area contributed by atoms with Gasteiger partial charge in [-0.25, -0.2) is 0 Å². The molecule has 1 aromatic heterocycles. The van der Waals surface area contributed by atoms with Crippen LogP contribution in [-0.2, 0) is 22.7 Å². The van der Waals surface area contributed by atoms with Gasteiger partial charge in [-0.2, -0.15) is 0 Å². The van der Waals surface area contributed by atoms with E-state index >= 15 is 0 Å². The smallest absolute Gasteiger partial charge is 0.242 e. The molecule has 0 saturated carbocycles. The monoisotopic (exact) mass is 358 g/mol. The Bertz CT molecular complexity index is 670. The van der Waals surface area contributed by atoms with Gasteiger partial charge in [0.15, 0.2) is 0 Å². The summed E-state index contributed by atoms with van der Waals surface area (Å²) in [6, 6.07) is 14.0. The van der Waals surface area contributed by atoms with Crippen LogP contribution in [0.5, 0.6) is 0 Å². The zero-order chi connectivity index (χ0) is 18.2. The van der Waals surface area contributed by atoms with Crippen molar-refractivity contribution in [3.63, 3.8) is 0 Å². The Labute approximate surface area is 154 Å². The number of thiophene rings is 1. The summed E-state index contributed by atoms with van der Waals surface area (Å²) in [5.41, 5.74) is 1.09. The summed E-state index contributed by atoms with van der Waals surface area (Å²) in [7, 11) is 0. The quantitative estimate of drug-likeness (QED) is 0.717. The summed E-state index contributed by atoms with van der Waals surface area (Å²) in [5, 5.41) is 2.02. The Balaban J connectivity index is 2.15. The maximum Gasteiger partial charge on any atom is 0.242 e. The molecule has 5 heteroatoms. The van der Waals surface area contributed by atoms with Crippen LogP contribution < -0.4 is 0 Å². The minimum Gasteiger partial charge on any atom is -0.332 e. The lowest BCUT2D eigenvalue weighted by atomic mass is 10.2. The highest BCUT2D eigenvalue weighted by molar-refractivity contribution is 7.09. The second-order valence-corrected chi connectivity index (χ2v) is 7.25. The number of benzene rings is 1. The normalized spacial score (nSPS) is 11.8. The lowest BCUT2D eigenvalue weighted by Crippen LogP contribution is -2.45. The largest absolute Gasteiger partial charge is 0.332 e. The van der Waals surface area contributed by atoms with E-state index in [9.17, 15) is 9.59 Å². The molecule has 2 aromatic rings. The third-order valence-corrected chi connectivity index (χ3v) is 5.19. The predicted molar refractivity (Wildman–Crippen MR) is 102 cm³/mol. The summed E-state index contributed by atoms with van der Waals surface area (Å²) in [6.07, 6.45) is 0.830. The molecule has 0 bridgehead atoms. The van der Waals surface area contributed by atoms with Crippen LogP contribution >= 0.6 is 11.3 Å². The van der Waals surface area contributed by atoms with E-state index < -0.39 is 0 Å². The number of carbonyl (C=O) groups is 2. The Morgan fingerprint density at radius 2 is 1.80 bits per heavy atom. The molecule has 1 heterocycles. The Morgan fingerprint density at radius 3 is 2.36 bits per heavy atom. The fourth-order valence-corrected chi connectivity index (χ4v) is 3.39. The molecule has 1 atom stereocenters. The van der Waals surface area contributed by atoms with Crippen LogP contribution in [-0.4, -0.2) is 34.2 Å². The summed E-state index contributed by atoms with van der Waals surface area (Å²) in [5.74, 6) is -0.0776. The lowest BCUT2D eigenvalue weighted by Gasteiger charge is -2.30. The Kier molecular flexibility index (Phi) is 7.19. The van der Waals surface area contributed by atoms with Crippen molar-refractivity contribution in [2.75, 3.05) is 6.54 Å². The van der Waals surface area contributed by atoms with E-state index in [1.165, 1.54) is 6.92 Å². The SMILES string of the molecule is CCC(C)N(CC(=O)N(Cc1ccccc1)Cc1cccs1)C(C)=O. The van der Waals surface area contributed by atoms with E-state index in [1.807, 2.05) is 66.6 Å². The molecule has 2 rings (SSSR count). The third kappa shape index (κ3) is 5.71. The van der Waals surface area contributed by atoms with Gasteiger partial charge in [0, 0.05) is 24.4 Å². The first-order chi connectivity index (χ1) is 12.0. The molecule has 1 aromatic carbocycles. The van der Waals surface area contributed by atoms with Crippen molar-refractivity contribution in [1.82, 2.24) is 9.80 Å². The van der Waals surface area contributed by atoms with Crippen molar-refractivity contribution in [3.8, 4) is 0 Å². The van der Waals surface area contributed by atoms with E-state index in [0.717, 1.165) is 16.9 Å². The minimum absolute atomic E-state index is 0.0206. The van der Waals surface area contributed by atoms with Gasteiger partial charge < -0.3 is 9.80 Å².